The summed E-state index contributed by atoms with van der Waals surface area (Å²) >= 11 is 0. The van der Waals surface area contributed by atoms with Gasteiger partial charge in [0, 0.05) is 12.6 Å². The molecule has 29 heavy (non-hydrogen) atoms. The molecule has 6 nitrogen and oxygen atoms in total. The van der Waals surface area contributed by atoms with Crippen LogP contribution in [0, 0.1) is 0 Å². The predicted molar refractivity (Wildman–Crippen MR) is 114 cm³/mol. The summed E-state index contributed by atoms with van der Waals surface area (Å²) < 4.78 is 23.7. The van der Waals surface area contributed by atoms with Crippen LogP contribution in [0.15, 0.2) is 24.3 Å². The Morgan fingerprint density at radius 1 is 1.24 bits per heavy atom. The molecule has 2 aliphatic heterocycles. The summed E-state index contributed by atoms with van der Waals surface area (Å²) in [7, 11) is -0.361. The fourth-order valence-electron chi connectivity index (χ4n) is 3.89. The van der Waals surface area contributed by atoms with Gasteiger partial charge < -0.3 is 23.7 Å². The third kappa shape index (κ3) is 6.38. The Morgan fingerprint density at radius 2 is 1.93 bits per heavy atom. The molecule has 2 unspecified atom stereocenters. The molecule has 1 aromatic carbocycles. The van der Waals surface area contributed by atoms with E-state index in [1.807, 2.05) is 45.0 Å². The van der Waals surface area contributed by atoms with Crippen molar-refractivity contribution in [2.45, 2.75) is 84.2 Å². The van der Waals surface area contributed by atoms with E-state index in [2.05, 4.69) is 20.8 Å². The van der Waals surface area contributed by atoms with Gasteiger partial charge in [-0.05, 0) is 78.4 Å². The van der Waals surface area contributed by atoms with Crippen molar-refractivity contribution in [3.05, 3.63) is 24.3 Å². The normalized spacial score (nSPS) is 24.9. The number of hydrogen-bond donors (Lipinski definition) is 0. The number of benzene rings is 1. The monoisotopic (exact) mass is 403 g/mol. The third-order valence-corrected chi connectivity index (χ3v) is 5.05. The first-order chi connectivity index (χ1) is 13.5. The lowest BCUT2D eigenvalue weighted by Crippen LogP contribution is -2.51. The Labute approximate surface area is 175 Å². The van der Waals surface area contributed by atoms with E-state index in [-0.39, 0.29) is 31.0 Å². The van der Waals surface area contributed by atoms with Crippen LogP contribution in [0.2, 0.25) is 0 Å². The fraction of sp³-hybridized carbons (Fsp3) is 0.682. The topological polar surface area (TPSA) is 57.2 Å². The van der Waals surface area contributed by atoms with E-state index in [4.69, 9.17) is 18.8 Å². The van der Waals surface area contributed by atoms with E-state index in [1.54, 1.807) is 4.90 Å². The first-order valence-electron chi connectivity index (χ1n) is 10.6. The van der Waals surface area contributed by atoms with Gasteiger partial charge in [0.05, 0.1) is 12.1 Å². The van der Waals surface area contributed by atoms with Gasteiger partial charge in [-0.25, -0.2) is 4.79 Å². The minimum Gasteiger partial charge on any atom is -0.489 e. The first kappa shape index (κ1) is 22.0. The van der Waals surface area contributed by atoms with E-state index in [0.717, 1.165) is 30.5 Å². The standard InChI is InChI=1S/C22H34BNO5/c1-16-14-22(5,6)29-23(28-16)17-9-11-18(12-10-17)26-19-8-7-13-24(15-19)20(25)27-21(2,3)4/h9-12,16,19H,7-8,13-15H2,1-6H3. The molecule has 3 rings (SSSR count). The molecule has 2 heterocycles. The Kier molecular flexibility index (Phi) is 6.49. The van der Waals surface area contributed by atoms with Crippen molar-refractivity contribution in [2.24, 2.45) is 0 Å². The second kappa shape index (κ2) is 8.56. The summed E-state index contributed by atoms with van der Waals surface area (Å²) in [6, 6.07) is 7.87. The van der Waals surface area contributed by atoms with E-state index in [9.17, 15) is 4.79 Å². The molecule has 1 aromatic rings. The SMILES string of the molecule is CC1CC(C)(C)OB(c2ccc(OC3CCCN(C(=O)OC(C)(C)C)C3)cc2)O1. The summed E-state index contributed by atoms with van der Waals surface area (Å²) in [5.41, 5.74) is 0.289. The Hall–Kier alpha value is -1.73. The largest absolute Gasteiger partial charge is 0.494 e. The highest BCUT2D eigenvalue weighted by molar-refractivity contribution is 6.61. The fourth-order valence-corrected chi connectivity index (χ4v) is 3.89. The van der Waals surface area contributed by atoms with Gasteiger partial charge in [-0.1, -0.05) is 12.1 Å². The summed E-state index contributed by atoms with van der Waals surface area (Å²) in [5, 5.41) is 0. The van der Waals surface area contributed by atoms with E-state index < -0.39 is 5.60 Å². The molecule has 0 bridgehead atoms. The highest BCUT2D eigenvalue weighted by Crippen LogP contribution is 2.26. The number of carbonyl (C=O) groups is 1. The average Bonchev–Trinajstić information content (AvgIpc) is 2.59. The van der Waals surface area contributed by atoms with Crippen molar-refractivity contribution >= 4 is 18.7 Å². The molecule has 2 saturated heterocycles. The number of nitrogens with zero attached hydrogens (tertiary/aromatic N) is 1. The molecule has 2 fully saturated rings. The van der Waals surface area contributed by atoms with Crippen LogP contribution in [0.4, 0.5) is 4.79 Å². The summed E-state index contributed by atoms with van der Waals surface area (Å²) in [6.07, 6.45) is 2.54. The lowest BCUT2D eigenvalue weighted by Gasteiger charge is -2.38. The molecular weight excluding hydrogens is 369 g/mol. The average molecular weight is 403 g/mol. The Balaban J connectivity index is 1.57. The van der Waals surface area contributed by atoms with Crippen molar-refractivity contribution in [3.8, 4) is 5.75 Å². The number of piperidine rings is 1. The molecular formula is C22H34BNO5. The second-order valence-electron chi connectivity index (χ2n) is 9.74. The van der Waals surface area contributed by atoms with Crippen LogP contribution in [-0.4, -0.2) is 54.6 Å². The number of amides is 1. The quantitative estimate of drug-likeness (QED) is 0.720. The molecule has 0 N–H and O–H groups in total. The summed E-state index contributed by atoms with van der Waals surface area (Å²) in [5.74, 6) is 0.785. The zero-order valence-corrected chi connectivity index (χ0v) is 18.6. The van der Waals surface area contributed by atoms with Gasteiger partial charge in [0.25, 0.3) is 0 Å². The van der Waals surface area contributed by atoms with Gasteiger partial charge >= 0.3 is 13.2 Å². The maximum absolute atomic E-state index is 12.3. The first-order valence-corrected chi connectivity index (χ1v) is 10.6. The maximum Gasteiger partial charge on any atom is 0.494 e. The van der Waals surface area contributed by atoms with Gasteiger partial charge in [0.1, 0.15) is 17.5 Å². The van der Waals surface area contributed by atoms with Crippen molar-refractivity contribution in [1.82, 2.24) is 4.90 Å². The molecule has 0 saturated carbocycles. The molecule has 2 atom stereocenters. The van der Waals surface area contributed by atoms with Gasteiger partial charge in [-0.2, -0.15) is 0 Å². The lowest BCUT2D eigenvalue weighted by molar-refractivity contribution is -0.0230. The highest BCUT2D eigenvalue weighted by Gasteiger charge is 2.38. The van der Waals surface area contributed by atoms with E-state index >= 15 is 0 Å². The zero-order valence-electron chi connectivity index (χ0n) is 18.6. The van der Waals surface area contributed by atoms with Gasteiger partial charge in [0.15, 0.2) is 0 Å². The van der Waals surface area contributed by atoms with Crippen LogP contribution in [0.3, 0.4) is 0 Å². The smallest absolute Gasteiger partial charge is 0.489 e. The van der Waals surface area contributed by atoms with Gasteiger partial charge in [-0.3, -0.25) is 0 Å². The van der Waals surface area contributed by atoms with E-state index in [1.165, 1.54) is 0 Å². The summed E-state index contributed by atoms with van der Waals surface area (Å²) in [6.45, 7) is 13.2. The van der Waals surface area contributed by atoms with Crippen molar-refractivity contribution in [1.29, 1.82) is 0 Å². The minimum atomic E-state index is -0.490. The number of ether oxygens (including phenoxy) is 2. The van der Waals surface area contributed by atoms with Crippen molar-refractivity contribution in [2.75, 3.05) is 13.1 Å². The number of rotatable bonds is 3. The Bertz CT molecular complexity index is 700. The van der Waals surface area contributed by atoms with Crippen LogP contribution >= 0.6 is 0 Å². The molecule has 0 spiro atoms. The van der Waals surface area contributed by atoms with Gasteiger partial charge in [0.2, 0.25) is 0 Å². The Morgan fingerprint density at radius 3 is 2.55 bits per heavy atom. The van der Waals surface area contributed by atoms with Crippen LogP contribution in [-0.2, 0) is 14.0 Å². The zero-order chi connectivity index (χ0) is 21.2. The van der Waals surface area contributed by atoms with Crippen molar-refractivity contribution < 1.29 is 23.6 Å². The number of hydrogen-bond acceptors (Lipinski definition) is 5. The molecule has 160 valence electrons. The second-order valence-corrected chi connectivity index (χ2v) is 9.74. The van der Waals surface area contributed by atoms with Crippen LogP contribution in [0.5, 0.6) is 5.75 Å². The molecule has 0 radical (unpaired) electrons. The predicted octanol–water partition coefficient (Wildman–Crippen LogP) is 3.76. The van der Waals surface area contributed by atoms with Crippen LogP contribution in [0.1, 0.15) is 60.8 Å². The molecule has 1 amide bonds. The molecule has 0 aliphatic carbocycles. The minimum absolute atomic E-state index is 0.0387. The lowest BCUT2D eigenvalue weighted by atomic mass is 9.75. The summed E-state index contributed by atoms with van der Waals surface area (Å²) in [4.78, 5) is 14.1. The van der Waals surface area contributed by atoms with Crippen molar-refractivity contribution in [3.63, 3.8) is 0 Å². The molecule has 7 heteroatoms. The molecule has 0 aromatic heterocycles. The van der Waals surface area contributed by atoms with Crippen LogP contribution < -0.4 is 10.2 Å². The van der Waals surface area contributed by atoms with E-state index in [0.29, 0.717) is 13.1 Å². The highest BCUT2D eigenvalue weighted by atomic mass is 16.6. The number of likely N-dealkylation sites (tertiary alicyclic amines) is 1. The maximum atomic E-state index is 12.3. The number of carbonyl (C=O) groups excluding carboxylic acids is 1. The van der Waals surface area contributed by atoms with Gasteiger partial charge in [-0.15, -0.1) is 0 Å². The van der Waals surface area contributed by atoms with Crippen LogP contribution in [0.25, 0.3) is 0 Å². The molecule has 2 aliphatic rings. The third-order valence-electron chi connectivity index (χ3n) is 5.05.